The summed E-state index contributed by atoms with van der Waals surface area (Å²) in [6.45, 7) is 3.64. The third-order valence-corrected chi connectivity index (χ3v) is 3.95. The second kappa shape index (κ2) is 4.16. The van der Waals surface area contributed by atoms with Gasteiger partial charge >= 0.3 is 0 Å². The molecular weight excluding hydrogens is 260 g/mol. The lowest BCUT2D eigenvalue weighted by atomic mass is 10.0. The average Bonchev–Trinajstić information content (AvgIpc) is 2.47. The molecule has 0 fully saturated rings. The molecule has 4 rings (SSSR count). The van der Waals surface area contributed by atoms with Crippen LogP contribution in [-0.4, -0.2) is 15.1 Å². The highest BCUT2D eigenvalue weighted by molar-refractivity contribution is 6.17. The summed E-state index contributed by atoms with van der Waals surface area (Å²) >= 11 is 0. The Morgan fingerprint density at radius 3 is 2.43 bits per heavy atom. The third kappa shape index (κ3) is 1.61. The van der Waals surface area contributed by atoms with Crippen LogP contribution in [0.1, 0.15) is 12.6 Å². The zero-order chi connectivity index (χ0) is 14.6. The van der Waals surface area contributed by atoms with Crippen molar-refractivity contribution in [2.45, 2.75) is 13.8 Å². The predicted molar refractivity (Wildman–Crippen MR) is 86.2 cm³/mol. The van der Waals surface area contributed by atoms with E-state index in [1.54, 1.807) is 6.92 Å². The summed E-state index contributed by atoms with van der Waals surface area (Å²) in [5, 5.41) is 13.9. The molecule has 4 aromatic rings. The Kier molecular flexibility index (Phi) is 2.39. The SMILES string of the molecule is C/C(O)=c1\c(C)nc2c3ccccc3nc3cccc1c32. The van der Waals surface area contributed by atoms with Crippen LogP contribution in [0.5, 0.6) is 0 Å². The number of aryl methyl sites for hydroxylation is 1. The Morgan fingerprint density at radius 2 is 1.62 bits per heavy atom. The maximum atomic E-state index is 10.0. The van der Waals surface area contributed by atoms with Gasteiger partial charge in [-0.1, -0.05) is 30.3 Å². The molecule has 21 heavy (non-hydrogen) atoms. The minimum atomic E-state index is 0.294. The van der Waals surface area contributed by atoms with Crippen molar-refractivity contribution in [3.63, 3.8) is 0 Å². The van der Waals surface area contributed by atoms with Crippen LogP contribution in [0.15, 0.2) is 42.5 Å². The van der Waals surface area contributed by atoms with Gasteiger partial charge in [0, 0.05) is 21.7 Å². The number of rotatable bonds is 0. The fourth-order valence-electron chi connectivity index (χ4n) is 3.12. The van der Waals surface area contributed by atoms with Gasteiger partial charge in [0.2, 0.25) is 0 Å². The number of aliphatic hydroxyl groups excluding tert-OH is 1. The van der Waals surface area contributed by atoms with E-state index in [1.807, 2.05) is 49.4 Å². The second-order valence-corrected chi connectivity index (χ2v) is 5.33. The molecule has 2 aromatic heterocycles. The van der Waals surface area contributed by atoms with Gasteiger partial charge in [-0.3, -0.25) is 4.98 Å². The van der Waals surface area contributed by atoms with Gasteiger partial charge in [-0.2, -0.15) is 0 Å². The summed E-state index contributed by atoms with van der Waals surface area (Å²) < 4.78 is 0. The molecule has 0 saturated carbocycles. The van der Waals surface area contributed by atoms with E-state index in [1.165, 1.54) is 0 Å². The van der Waals surface area contributed by atoms with Crippen molar-refractivity contribution < 1.29 is 5.11 Å². The van der Waals surface area contributed by atoms with Gasteiger partial charge in [0.25, 0.3) is 0 Å². The standard InChI is InChI=1S/C18H14N2O/c1-10-16(11(2)21)13-7-5-9-15-17(13)18(19-10)12-6-3-4-8-14(12)20-15/h3-9,21H,1-2H3/b16-11-. The first-order valence-electron chi connectivity index (χ1n) is 6.94. The van der Waals surface area contributed by atoms with Crippen LogP contribution in [-0.2, 0) is 0 Å². The predicted octanol–water partition coefficient (Wildman–Crippen LogP) is 3.65. The van der Waals surface area contributed by atoms with Gasteiger partial charge in [0.05, 0.1) is 22.3 Å². The molecule has 0 amide bonds. The van der Waals surface area contributed by atoms with Gasteiger partial charge in [-0.15, -0.1) is 0 Å². The van der Waals surface area contributed by atoms with Gasteiger partial charge in [-0.25, -0.2) is 4.98 Å². The summed E-state index contributed by atoms with van der Waals surface area (Å²) in [7, 11) is 0. The Hall–Kier alpha value is -2.68. The van der Waals surface area contributed by atoms with Crippen LogP contribution in [0.4, 0.5) is 0 Å². The molecule has 0 atom stereocenters. The third-order valence-electron chi connectivity index (χ3n) is 3.95. The highest BCUT2D eigenvalue weighted by atomic mass is 16.3. The Balaban J connectivity index is 2.45. The van der Waals surface area contributed by atoms with Crippen LogP contribution >= 0.6 is 0 Å². The van der Waals surface area contributed by atoms with Crippen LogP contribution < -0.4 is 5.22 Å². The molecule has 0 bridgehead atoms. The van der Waals surface area contributed by atoms with Crippen LogP contribution in [0.3, 0.4) is 0 Å². The minimum absolute atomic E-state index is 0.294. The van der Waals surface area contributed by atoms with Crippen molar-refractivity contribution in [1.82, 2.24) is 9.97 Å². The molecule has 0 aliphatic carbocycles. The number of para-hydroxylation sites is 1. The molecular formula is C18H14N2O. The van der Waals surface area contributed by atoms with Crippen molar-refractivity contribution in [2.24, 2.45) is 0 Å². The van der Waals surface area contributed by atoms with Gasteiger partial charge in [0.1, 0.15) is 0 Å². The first-order chi connectivity index (χ1) is 10.2. The van der Waals surface area contributed by atoms with E-state index in [9.17, 15) is 5.11 Å². The largest absolute Gasteiger partial charge is 0.512 e. The molecule has 2 aromatic carbocycles. The number of hydrogen-bond acceptors (Lipinski definition) is 3. The topological polar surface area (TPSA) is 46.0 Å². The zero-order valence-electron chi connectivity index (χ0n) is 11.9. The van der Waals surface area contributed by atoms with Crippen molar-refractivity contribution in [2.75, 3.05) is 0 Å². The maximum Gasteiger partial charge on any atom is 0.0988 e. The summed E-state index contributed by atoms with van der Waals surface area (Å²) in [4.78, 5) is 9.48. The van der Waals surface area contributed by atoms with Crippen LogP contribution in [0.2, 0.25) is 0 Å². The molecule has 3 nitrogen and oxygen atoms in total. The van der Waals surface area contributed by atoms with Crippen molar-refractivity contribution in [3.8, 4) is 0 Å². The maximum absolute atomic E-state index is 10.0. The molecule has 0 aliphatic rings. The number of aromatic nitrogens is 2. The number of fused-ring (bicyclic) bond motifs is 2. The molecule has 2 heterocycles. The highest BCUT2D eigenvalue weighted by Gasteiger charge is 2.12. The molecule has 0 spiro atoms. The molecule has 0 aliphatic heterocycles. The van der Waals surface area contributed by atoms with E-state index >= 15 is 0 Å². The Labute approximate surface area is 121 Å². The second-order valence-electron chi connectivity index (χ2n) is 5.33. The summed E-state index contributed by atoms with van der Waals surface area (Å²) in [6.07, 6.45) is 0. The Morgan fingerprint density at radius 1 is 0.905 bits per heavy atom. The molecule has 1 N–H and O–H groups in total. The number of benzene rings is 2. The molecule has 102 valence electrons. The first kappa shape index (κ1) is 12.1. The van der Waals surface area contributed by atoms with E-state index in [0.29, 0.717) is 5.76 Å². The molecule has 0 unspecified atom stereocenters. The number of pyridine rings is 2. The normalized spacial score (nSPS) is 13.2. The Bertz CT molecular complexity index is 1060. The van der Waals surface area contributed by atoms with Crippen molar-refractivity contribution >= 4 is 38.5 Å². The number of hydrogen-bond donors (Lipinski definition) is 1. The fourth-order valence-corrected chi connectivity index (χ4v) is 3.12. The number of nitrogens with zero attached hydrogens (tertiary/aromatic N) is 2. The highest BCUT2D eigenvalue weighted by Crippen LogP contribution is 2.28. The molecule has 3 heteroatoms. The monoisotopic (exact) mass is 274 g/mol. The van der Waals surface area contributed by atoms with Crippen molar-refractivity contribution in [3.05, 3.63) is 53.4 Å². The van der Waals surface area contributed by atoms with Gasteiger partial charge in [0.15, 0.2) is 0 Å². The quantitative estimate of drug-likeness (QED) is 0.393. The van der Waals surface area contributed by atoms with Crippen LogP contribution in [0, 0.1) is 6.92 Å². The van der Waals surface area contributed by atoms with Gasteiger partial charge in [-0.05, 0) is 31.4 Å². The minimum Gasteiger partial charge on any atom is -0.512 e. The first-order valence-corrected chi connectivity index (χ1v) is 6.94. The zero-order valence-corrected chi connectivity index (χ0v) is 11.9. The van der Waals surface area contributed by atoms with Gasteiger partial charge < -0.3 is 5.11 Å². The van der Waals surface area contributed by atoms with E-state index in [0.717, 1.165) is 43.6 Å². The smallest absolute Gasteiger partial charge is 0.0988 e. The van der Waals surface area contributed by atoms with E-state index in [-0.39, 0.29) is 0 Å². The summed E-state index contributed by atoms with van der Waals surface area (Å²) in [5.41, 5.74) is 3.65. The fraction of sp³-hybridized carbons (Fsp3) is 0.111. The lowest BCUT2D eigenvalue weighted by molar-refractivity contribution is 0.499. The summed E-state index contributed by atoms with van der Waals surface area (Å²) in [5.74, 6) is 0.294. The summed E-state index contributed by atoms with van der Waals surface area (Å²) in [6, 6.07) is 14.0. The lowest BCUT2D eigenvalue weighted by Gasteiger charge is -2.10. The molecule has 0 saturated heterocycles. The van der Waals surface area contributed by atoms with Crippen LogP contribution in [0.25, 0.3) is 38.5 Å². The molecule has 0 radical (unpaired) electrons. The van der Waals surface area contributed by atoms with Crippen molar-refractivity contribution in [1.29, 1.82) is 0 Å². The van der Waals surface area contributed by atoms with E-state index in [4.69, 9.17) is 9.97 Å². The number of aliphatic hydroxyl groups is 1. The lowest BCUT2D eigenvalue weighted by Crippen LogP contribution is -2.13. The van der Waals surface area contributed by atoms with E-state index in [2.05, 4.69) is 0 Å². The van der Waals surface area contributed by atoms with E-state index < -0.39 is 0 Å². The average molecular weight is 274 g/mol.